The molecule has 0 fully saturated rings. The second-order valence-corrected chi connectivity index (χ2v) is 12.2. The Morgan fingerprint density at radius 1 is 0.854 bits per heavy atom. The largest absolute Gasteiger partial charge is 0.449 e. The van der Waals surface area contributed by atoms with Gasteiger partial charge in [0.2, 0.25) is 0 Å². The van der Waals surface area contributed by atoms with Crippen molar-refractivity contribution in [2.24, 2.45) is 0 Å². The molecule has 7 nitrogen and oxygen atoms in total. The highest BCUT2D eigenvalue weighted by Gasteiger charge is 2.40. The van der Waals surface area contributed by atoms with E-state index in [4.69, 9.17) is 9.29 Å². The van der Waals surface area contributed by atoms with E-state index in [1.54, 1.807) is 26.0 Å². The van der Waals surface area contributed by atoms with Crippen molar-refractivity contribution in [1.29, 1.82) is 0 Å². The number of benzene rings is 3. The zero-order valence-corrected chi connectivity index (χ0v) is 26.4. The van der Waals surface area contributed by atoms with Crippen LogP contribution in [0.25, 0.3) is 0 Å². The molecule has 1 amide bonds. The third-order valence-electron chi connectivity index (χ3n) is 7.32. The number of hydrogen-bond acceptors (Lipinski definition) is 5. The van der Waals surface area contributed by atoms with Gasteiger partial charge >= 0.3 is 24.6 Å². The third-order valence-corrected chi connectivity index (χ3v) is 8.19. The van der Waals surface area contributed by atoms with Gasteiger partial charge in [-0.2, -0.15) is 47.9 Å². The van der Waals surface area contributed by atoms with Crippen molar-refractivity contribution in [3.05, 3.63) is 94.0 Å². The first-order valence-corrected chi connectivity index (χ1v) is 15.7. The number of aryl methyl sites for hydroxylation is 1. The number of carbonyl (C=O) groups excluding carboxylic acids is 1. The second kappa shape index (κ2) is 14.7. The first-order valence-electron chi connectivity index (χ1n) is 14.3. The maximum Gasteiger partial charge on any atom is 0.416 e. The number of fused-ring (bicyclic) bond motifs is 1. The van der Waals surface area contributed by atoms with Crippen LogP contribution in [0.4, 0.5) is 50.0 Å². The van der Waals surface area contributed by atoms with E-state index in [2.05, 4.69) is 5.32 Å². The summed E-state index contributed by atoms with van der Waals surface area (Å²) in [7, 11) is -4.02. The lowest BCUT2D eigenvalue weighted by Crippen LogP contribution is -2.47. The van der Waals surface area contributed by atoms with E-state index in [0.717, 1.165) is 23.8 Å². The Morgan fingerprint density at radius 3 is 1.85 bits per heavy atom. The first kappa shape index (κ1) is 38.6. The average Bonchev–Trinajstić information content (AvgIpc) is 2.98. The maximum absolute atomic E-state index is 13.4. The summed E-state index contributed by atoms with van der Waals surface area (Å²) in [4.78, 5) is 13.8. The molecule has 2 atom stereocenters. The van der Waals surface area contributed by atoms with Crippen LogP contribution in [0.5, 0.6) is 0 Å². The van der Waals surface area contributed by atoms with E-state index in [9.17, 15) is 52.7 Å². The van der Waals surface area contributed by atoms with Gasteiger partial charge in [-0.15, -0.1) is 0 Å². The van der Waals surface area contributed by atoms with Gasteiger partial charge in [-0.3, -0.25) is 9.45 Å². The van der Waals surface area contributed by atoms with E-state index in [0.29, 0.717) is 18.6 Å². The van der Waals surface area contributed by atoms with Crippen molar-refractivity contribution in [1.82, 2.24) is 5.32 Å². The second-order valence-electron chi connectivity index (χ2n) is 10.8. The lowest BCUT2D eigenvalue weighted by Gasteiger charge is -2.40. The van der Waals surface area contributed by atoms with Crippen molar-refractivity contribution in [3.63, 3.8) is 0 Å². The number of carbonyl (C=O) groups is 1. The zero-order chi connectivity index (χ0) is 36.2. The van der Waals surface area contributed by atoms with E-state index in [1.165, 1.54) is 17.0 Å². The van der Waals surface area contributed by atoms with Crippen molar-refractivity contribution in [3.8, 4) is 0 Å². The molecule has 0 unspecified atom stereocenters. The summed E-state index contributed by atoms with van der Waals surface area (Å²) in [5.74, 6) is 0. The van der Waals surface area contributed by atoms with E-state index in [-0.39, 0.29) is 40.8 Å². The van der Waals surface area contributed by atoms with Gasteiger partial charge in [-0.25, -0.2) is 4.79 Å². The number of hydrogen-bond donors (Lipinski definition) is 2. The number of alkyl halides is 9. The van der Waals surface area contributed by atoms with Gasteiger partial charge in [0, 0.05) is 18.6 Å². The molecule has 0 radical (unpaired) electrons. The Labute approximate surface area is 270 Å². The molecule has 0 bridgehead atoms. The summed E-state index contributed by atoms with van der Waals surface area (Å²) in [6.07, 6.45) is -15.2. The highest BCUT2D eigenvalue weighted by Crippen LogP contribution is 2.42. The number of anilines is 1. The van der Waals surface area contributed by atoms with Crippen LogP contribution in [0.1, 0.15) is 66.1 Å². The predicted molar refractivity (Wildman–Crippen MR) is 157 cm³/mol. The SMILES string of the molecule is CCOC(=O)N1c2ccc(C(F)(F)F)cc2[C@@H](NCc2cc(C(F)(F)F)cc(C(F)(F)F)c2)C[C@H]1CC.Cc1ccc(S(=O)(=O)O)cc1. The summed E-state index contributed by atoms with van der Waals surface area (Å²) in [6.45, 7) is 4.65. The topological polar surface area (TPSA) is 95.9 Å². The minimum absolute atomic E-state index is 0.000644. The van der Waals surface area contributed by atoms with Crippen LogP contribution in [-0.4, -0.2) is 31.7 Å². The Morgan fingerprint density at radius 2 is 1.40 bits per heavy atom. The summed E-state index contributed by atoms with van der Waals surface area (Å²) in [6, 6.07) is 8.37. The highest BCUT2D eigenvalue weighted by molar-refractivity contribution is 7.85. The molecule has 2 N–H and O–H groups in total. The maximum atomic E-state index is 13.4. The Kier molecular flexibility index (Phi) is 11.9. The molecule has 3 aromatic rings. The summed E-state index contributed by atoms with van der Waals surface area (Å²) in [5, 5.41) is 2.81. The van der Waals surface area contributed by atoms with Crippen LogP contribution in [0.3, 0.4) is 0 Å². The van der Waals surface area contributed by atoms with Gasteiger partial charge in [0.05, 0.1) is 33.9 Å². The fourth-order valence-electron chi connectivity index (χ4n) is 4.99. The van der Waals surface area contributed by atoms with E-state index < -0.39 is 70.1 Å². The lowest BCUT2D eigenvalue weighted by molar-refractivity contribution is -0.143. The molecule has 0 saturated heterocycles. The number of nitrogens with one attached hydrogen (secondary N) is 1. The molecular formula is C31H31F9N2O5S. The molecule has 0 aliphatic carbocycles. The molecule has 0 spiro atoms. The van der Waals surface area contributed by atoms with Crippen LogP contribution < -0.4 is 10.2 Å². The van der Waals surface area contributed by atoms with Gasteiger partial charge in [-0.05, 0) is 86.3 Å². The van der Waals surface area contributed by atoms with E-state index in [1.807, 2.05) is 6.92 Å². The van der Waals surface area contributed by atoms with Gasteiger partial charge in [0.1, 0.15) is 0 Å². The van der Waals surface area contributed by atoms with Gasteiger partial charge < -0.3 is 10.1 Å². The van der Waals surface area contributed by atoms with Crippen LogP contribution in [0, 0.1) is 6.92 Å². The van der Waals surface area contributed by atoms with Crippen LogP contribution >= 0.6 is 0 Å². The van der Waals surface area contributed by atoms with Gasteiger partial charge in [-0.1, -0.05) is 24.6 Å². The first-order chi connectivity index (χ1) is 22.1. The Balaban J connectivity index is 0.000000480. The lowest BCUT2D eigenvalue weighted by atomic mass is 9.88. The number of nitrogens with zero attached hydrogens (tertiary/aromatic N) is 1. The summed E-state index contributed by atoms with van der Waals surface area (Å²) >= 11 is 0. The predicted octanol–water partition coefficient (Wildman–Crippen LogP) is 8.96. The zero-order valence-electron chi connectivity index (χ0n) is 25.6. The Hall–Kier alpha value is -3.83. The number of rotatable bonds is 6. The fourth-order valence-corrected chi connectivity index (χ4v) is 5.47. The normalized spacial score (nSPS) is 16.9. The highest BCUT2D eigenvalue weighted by atomic mass is 32.2. The molecule has 264 valence electrons. The van der Waals surface area contributed by atoms with Crippen molar-refractivity contribution in [2.75, 3.05) is 11.5 Å². The third kappa shape index (κ3) is 9.85. The summed E-state index contributed by atoms with van der Waals surface area (Å²) in [5.41, 5.74) is -3.27. The smallest absolute Gasteiger partial charge is 0.416 e. The van der Waals surface area contributed by atoms with Crippen molar-refractivity contribution < 1.29 is 62.0 Å². The minimum atomic E-state index is -5.04. The molecule has 3 aromatic carbocycles. The van der Waals surface area contributed by atoms with Gasteiger partial charge in [0.25, 0.3) is 10.1 Å². The molecule has 0 saturated carbocycles. The van der Waals surface area contributed by atoms with Crippen LogP contribution in [-0.2, 0) is 39.9 Å². The molecule has 48 heavy (non-hydrogen) atoms. The standard InChI is InChI=1S/C24H23F9N2O2.C7H8O3S/c1-3-17-11-19(34-12-13-7-15(23(28,29)30)9-16(8-13)24(31,32)33)18-10-14(22(25,26)27)5-6-20(18)35(17)21(36)37-4-2;1-6-2-4-7(5-3-6)11(8,9)10/h5-10,17,19,34H,3-4,11-12H2,1-2H3;2-5H,1H3,(H,8,9,10)/t17-,19+;/m1./s1. The van der Waals surface area contributed by atoms with Crippen molar-refractivity contribution >= 4 is 21.9 Å². The molecule has 1 aliphatic heterocycles. The van der Waals surface area contributed by atoms with Crippen LogP contribution in [0.15, 0.2) is 65.6 Å². The molecule has 4 rings (SSSR count). The Bertz CT molecular complexity index is 1660. The van der Waals surface area contributed by atoms with Crippen molar-refractivity contribution in [2.45, 2.75) is 75.7 Å². The molecule has 0 aromatic heterocycles. The van der Waals surface area contributed by atoms with Gasteiger partial charge in [0.15, 0.2) is 0 Å². The van der Waals surface area contributed by atoms with E-state index >= 15 is 0 Å². The number of halogens is 9. The summed E-state index contributed by atoms with van der Waals surface area (Å²) < 4.78 is 154. The molecule has 1 heterocycles. The average molecular weight is 715 g/mol. The monoisotopic (exact) mass is 714 g/mol. The molecule has 17 heteroatoms. The molecule has 1 aliphatic rings. The minimum Gasteiger partial charge on any atom is -0.449 e. The number of amides is 1. The molecular weight excluding hydrogens is 683 g/mol. The quantitative estimate of drug-likeness (QED) is 0.196. The van der Waals surface area contributed by atoms with Crippen LogP contribution in [0.2, 0.25) is 0 Å². The number of ether oxygens (including phenoxy) is 1. The fraction of sp³-hybridized carbons (Fsp3) is 0.387.